The zero-order valence-corrected chi connectivity index (χ0v) is 12.1. The maximum atomic E-state index is 12.3. The van der Waals surface area contributed by atoms with E-state index in [9.17, 15) is 4.79 Å². The van der Waals surface area contributed by atoms with Crippen LogP contribution >= 0.6 is 11.3 Å². The molecule has 4 heteroatoms. The van der Waals surface area contributed by atoms with E-state index in [1.165, 1.54) is 23.3 Å². The zero-order chi connectivity index (χ0) is 13.4. The van der Waals surface area contributed by atoms with Crippen LogP contribution < -0.4 is 5.32 Å². The summed E-state index contributed by atoms with van der Waals surface area (Å²) in [5.41, 5.74) is 1.32. The third-order valence-electron chi connectivity index (χ3n) is 4.32. The maximum Gasteiger partial charge on any atom is 0.224 e. The second-order valence-electron chi connectivity index (χ2n) is 5.88. The van der Waals surface area contributed by atoms with Gasteiger partial charge in [-0.1, -0.05) is 0 Å². The van der Waals surface area contributed by atoms with Crippen LogP contribution in [0.2, 0.25) is 0 Å². The molecule has 1 heterocycles. The number of carbonyl (C=O) groups excluding carboxylic acids is 1. The lowest BCUT2D eigenvalue weighted by Gasteiger charge is -2.17. The molecule has 2 saturated carbocycles. The van der Waals surface area contributed by atoms with Gasteiger partial charge < -0.3 is 10.4 Å². The van der Waals surface area contributed by atoms with E-state index in [1.54, 1.807) is 11.3 Å². The van der Waals surface area contributed by atoms with Crippen molar-refractivity contribution in [2.75, 3.05) is 6.61 Å². The monoisotopic (exact) mass is 279 g/mol. The first-order valence-electron chi connectivity index (χ1n) is 7.16. The highest BCUT2D eigenvalue weighted by molar-refractivity contribution is 7.10. The molecule has 3 unspecified atom stereocenters. The fourth-order valence-corrected chi connectivity index (χ4v) is 4.00. The fraction of sp³-hybridized carbons (Fsp3) is 0.667. The second kappa shape index (κ2) is 5.25. The second-order valence-corrected chi connectivity index (χ2v) is 6.83. The van der Waals surface area contributed by atoms with E-state index in [-0.39, 0.29) is 24.5 Å². The quantitative estimate of drug-likeness (QED) is 0.840. The number of aliphatic hydroxyl groups is 1. The molecule has 1 amide bonds. The van der Waals surface area contributed by atoms with Crippen molar-refractivity contribution in [1.82, 2.24) is 5.32 Å². The van der Waals surface area contributed by atoms with Crippen molar-refractivity contribution in [3.05, 3.63) is 21.9 Å². The summed E-state index contributed by atoms with van der Waals surface area (Å²) in [7, 11) is 0. The Morgan fingerprint density at radius 2 is 2.37 bits per heavy atom. The molecule has 104 valence electrons. The molecule has 2 aliphatic carbocycles. The Kier molecular flexibility index (Phi) is 3.63. The summed E-state index contributed by atoms with van der Waals surface area (Å²) in [5, 5.41) is 14.3. The van der Waals surface area contributed by atoms with Crippen LogP contribution in [0.3, 0.4) is 0 Å². The molecule has 1 aromatic heterocycles. The van der Waals surface area contributed by atoms with Crippen molar-refractivity contribution in [3.8, 4) is 0 Å². The molecule has 3 nitrogen and oxygen atoms in total. The predicted octanol–water partition coefficient (Wildman–Crippen LogP) is 2.44. The minimum absolute atomic E-state index is 0.164. The van der Waals surface area contributed by atoms with Gasteiger partial charge >= 0.3 is 0 Å². The number of carbonyl (C=O) groups is 1. The maximum absolute atomic E-state index is 12.3. The molecule has 0 spiro atoms. The third kappa shape index (κ3) is 2.84. The molecule has 19 heavy (non-hydrogen) atoms. The highest BCUT2D eigenvalue weighted by Crippen LogP contribution is 2.50. The average Bonchev–Trinajstić information content (AvgIpc) is 3.29. The molecular weight excluding hydrogens is 258 g/mol. The van der Waals surface area contributed by atoms with E-state index >= 15 is 0 Å². The Labute approximate surface area is 118 Å². The van der Waals surface area contributed by atoms with E-state index < -0.39 is 0 Å². The highest BCUT2D eigenvalue weighted by atomic mass is 32.1. The van der Waals surface area contributed by atoms with Gasteiger partial charge in [-0.05, 0) is 55.5 Å². The van der Waals surface area contributed by atoms with E-state index in [2.05, 4.69) is 23.7 Å². The summed E-state index contributed by atoms with van der Waals surface area (Å²) in [5.74, 6) is 1.41. The molecule has 2 N–H and O–H groups in total. The minimum atomic E-state index is 0.164. The van der Waals surface area contributed by atoms with Crippen LogP contribution in [-0.4, -0.2) is 23.7 Å². The van der Waals surface area contributed by atoms with Crippen LogP contribution in [0.25, 0.3) is 0 Å². The molecule has 0 aliphatic heterocycles. The normalized spacial score (nSPS) is 27.1. The standard InChI is InChI=1S/C15H21NO2S/c1-9-5-7-19-14(9)11-8-12(11)15(18)16-13(4-6-17)10-2-3-10/h5,7,10-13,17H,2-4,6,8H2,1H3,(H,16,18). The Morgan fingerprint density at radius 3 is 2.95 bits per heavy atom. The number of rotatable bonds is 6. The summed E-state index contributed by atoms with van der Waals surface area (Å²) < 4.78 is 0. The molecule has 0 saturated heterocycles. The molecule has 3 rings (SSSR count). The first kappa shape index (κ1) is 13.1. The number of aliphatic hydroxyl groups excluding tert-OH is 1. The summed E-state index contributed by atoms with van der Waals surface area (Å²) in [6, 6.07) is 2.33. The van der Waals surface area contributed by atoms with Gasteiger partial charge in [0.15, 0.2) is 0 Å². The van der Waals surface area contributed by atoms with Gasteiger partial charge in [0.25, 0.3) is 0 Å². The lowest BCUT2D eigenvalue weighted by atomic mass is 10.1. The number of amides is 1. The first-order chi connectivity index (χ1) is 9.20. The van der Waals surface area contributed by atoms with Crippen LogP contribution in [0.15, 0.2) is 11.4 Å². The summed E-state index contributed by atoms with van der Waals surface area (Å²) in [4.78, 5) is 13.6. The molecule has 0 radical (unpaired) electrons. The van der Waals surface area contributed by atoms with Crippen molar-refractivity contribution < 1.29 is 9.90 Å². The van der Waals surface area contributed by atoms with E-state index in [1.807, 2.05) is 0 Å². The van der Waals surface area contributed by atoms with Crippen molar-refractivity contribution in [3.63, 3.8) is 0 Å². The lowest BCUT2D eigenvalue weighted by Crippen LogP contribution is -2.38. The van der Waals surface area contributed by atoms with Gasteiger partial charge in [0.05, 0.1) is 0 Å². The highest BCUT2D eigenvalue weighted by Gasteiger charge is 2.46. The molecule has 0 bridgehead atoms. The van der Waals surface area contributed by atoms with Gasteiger partial charge in [0.1, 0.15) is 0 Å². The smallest absolute Gasteiger partial charge is 0.224 e. The summed E-state index contributed by atoms with van der Waals surface area (Å²) >= 11 is 1.77. The average molecular weight is 279 g/mol. The Hall–Kier alpha value is -0.870. The van der Waals surface area contributed by atoms with Crippen molar-refractivity contribution in [2.24, 2.45) is 11.8 Å². The number of hydrogen-bond acceptors (Lipinski definition) is 3. The van der Waals surface area contributed by atoms with Crippen molar-refractivity contribution in [2.45, 2.75) is 44.6 Å². The minimum Gasteiger partial charge on any atom is -0.396 e. The van der Waals surface area contributed by atoms with Gasteiger partial charge in [-0.25, -0.2) is 0 Å². The number of aryl methyl sites for hydroxylation is 1. The van der Waals surface area contributed by atoms with Gasteiger partial charge in [0, 0.05) is 29.4 Å². The lowest BCUT2D eigenvalue weighted by molar-refractivity contribution is -0.123. The van der Waals surface area contributed by atoms with Gasteiger partial charge in [0.2, 0.25) is 5.91 Å². The molecule has 2 fully saturated rings. The third-order valence-corrected chi connectivity index (χ3v) is 5.48. The van der Waals surface area contributed by atoms with Crippen LogP contribution in [0.4, 0.5) is 0 Å². The van der Waals surface area contributed by atoms with E-state index in [0.717, 1.165) is 6.42 Å². The van der Waals surface area contributed by atoms with Gasteiger partial charge in [-0.15, -0.1) is 11.3 Å². The predicted molar refractivity (Wildman–Crippen MR) is 76.3 cm³/mol. The molecule has 3 atom stereocenters. The summed E-state index contributed by atoms with van der Waals surface area (Å²) in [6.45, 7) is 2.29. The SMILES string of the molecule is Cc1ccsc1C1CC1C(=O)NC(CCO)C1CC1. The number of thiophene rings is 1. The number of nitrogens with one attached hydrogen (secondary N) is 1. The summed E-state index contributed by atoms with van der Waals surface area (Å²) in [6.07, 6.45) is 4.08. The largest absolute Gasteiger partial charge is 0.396 e. The molecular formula is C15H21NO2S. The Bertz CT molecular complexity index is 466. The van der Waals surface area contributed by atoms with Crippen LogP contribution in [0.5, 0.6) is 0 Å². The van der Waals surface area contributed by atoms with Gasteiger partial charge in [-0.2, -0.15) is 0 Å². The first-order valence-corrected chi connectivity index (χ1v) is 8.04. The Morgan fingerprint density at radius 1 is 1.58 bits per heavy atom. The topological polar surface area (TPSA) is 49.3 Å². The van der Waals surface area contributed by atoms with Crippen molar-refractivity contribution >= 4 is 17.2 Å². The molecule has 1 aromatic rings. The van der Waals surface area contributed by atoms with Crippen LogP contribution in [-0.2, 0) is 4.79 Å². The number of hydrogen-bond donors (Lipinski definition) is 2. The van der Waals surface area contributed by atoms with Gasteiger partial charge in [-0.3, -0.25) is 4.79 Å². The zero-order valence-electron chi connectivity index (χ0n) is 11.3. The van der Waals surface area contributed by atoms with Crippen molar-refractivity contribution in [1.29, 1.82) is 0 Å². The van der Waals surface area contributed by atoms with Crippen LogP contribution in [0, 0.1) is 18.8 Å². The molecule has 0 aromatic carbocycles. The van der Waals surface area contributed by atoms with E-state index in [4.69, 9.17) is 5.11 Å². The van der Waals surface area contributed by atoms with E-state index in [0.29, 0.717) is 18.3 Å². The Balaban J connectivity index is 1.56. The van der Waals surface area contributed by atoms with Crippen LogP contribution in [0.1, 0.15) is 42.0 Å². The molecule has 2 aliphatic rings. The fourth-order valence-electron chi connectivity index (χ4n) is 2.89.